The predicted octanol–water partition coefficient (Wildman–Crippen LogP) is 1.25. The van der Waals surface area contributed by atoms with Crippen LogP contribution in [-0.2, 0) is 0 Å². The minimum Gasteiger partial charge on any atom is -0.508 e. The smallest absolute Gasteiger partial charge is 0.122 e. The number of fused-ring (bicyclic) bond motifs is 2. The molecule has 1 unspecified atom stereocenters. The van der Waals surface area contributed by atoms with Crippen LogP contribution in [0, 0.1) is 0 Å². The molecular weight excluding hydrogens is 196 g/mol. The van der Waals surface area contributed by atoms with E-state index in [1.54, 1.807) is 18.2 Å². The van der Waals surface area contributed by atoms with Crippen molar-refractivity contribution in [2.24, 2.45) is 0 Å². The number of hydrogen-bond donors (Lipinski definition) is 2. The molecule has 0 saturated carbocycles. The van der Waals surface area contributed by atoms with Gasteiger partial charge in [-0.05, 0) is 11.6 Å². The molecule has 54 valence electrons. The first-order chi connectivity index (χ1) is 4.29. The van der Waals surface area contributed by atoms with Gasteiger partial charge in [-0.25, -0.2) is 0 Å². The summed E-state index contributed by atoms with van der Waals surface area (Å²) in [7, 11) is 0. The van der Waals surface area contributed by atoms with E-state index in [0.29, 0.717) is 5.57 Å². The van der Waals surface area contributed by atoms with E-state index < -0.39 is 6.10 Å². The van der Waals surface area contributed by atoms with Crippen LogP contribution in [-0.4, -0.2) is 16.3 Å². The fraction of sp³-hybridized carbons (Fsp3) is 0.143. The van der Waals surface area contributed by atoms with Crippen LogP contribution in [0.25, 0.3) is 0 Å². The van der Waals surface area contributed by atoms with Crippen molar-refractivity contribution in [3.05, 3.63) is 35.1 Å². The van der Waals surface area contributed by atoms with Crippen LogP contribution in [0.5, 0.6) is 0 Å². The van der Waals surface area contributed by atoms with Gasteiger partial charge >= 0.3 is 0 Å². The number of halogens is 1. The van der Waals surface area contributed by atoms with Crippen molar-refractivity contribution in [2.45, 2.75) is 6.10 Å². The van der Waals surface area contributed by atoms with Gasteiger partial charge in [0.05, 0.1) is 0 Å². The summed E-state index contributed by atoms with van der Waals surface area (Å²) in [5, 5.41) is 18.1. The van der Waals surface area contributed by atoms with Crippen molar-refractivity contribution in [3.8, 4) is 0 Å². The lowest BCUT2D eigenvalue weighted by Crippen LogP contribution is -2.01. The minimum atomic E-state index is -0.551. The molecule has 0 aliphatic heterocycles. The summed E-state index contributed by atoms with van der Waals surface area (Å²) in [6.07, 6.45) is 4.57. The van der Waals surface area contributed by atoms with Gasteiger partial charge in [0.1, 0.15) is 11.9 Å². The maximum absolute atomic E-state index is 9.15. The molecule has 2 aliphatic rings. The Morgan fingerprint density at radius 3 is 2.20 bits per heavy atom. The number of rotatable bonds is 0. The largest absolute Gasteiger partial charge is 0.508 e. The third-order valence-corrected chi connectivity index (χ3v) is 1.66. The molecule has 2 rings (SSSR count). The Balaban J connectivity index is 0.000000500. The number of aliphatic hydroxyl groups excluding tert-OH is 2. The molecule has 2 N–H and O–H groups in total. The Morgan fingerprint density at radius 1 is 1.30 bits per heavy atom. The van der Waals surface area contributed by atoms with Gasteiger partial charge in [0.15, 0.2) is 0 Å². The van der Waals surface area contributed by atoms with Crippen LogP contribution in [0.2, 0.25) is 0 Å². The van der Waals surface area contributed by atoms with Gasteiger partial charge in [-0.1, -0.05) is 12.2 Å². The SMILES string of the molecule is Br.OC1=C2C=CC(=C1)C2O. The lowest BCUT2D eigenvalue weighted by Gasteiger charge is -1.96. The zero-order chi connectivity index (χ0) is 6.43. The maximum atomic E-state index is 9.15. The molecule has 0 radical (unpaired) electrons. The molecular formula is C7H7BrO2. The topological polar surface area (TPSA) is 40.5 Å². The van der Waals surface area contributed by atoms with Gasteiger partial charge in [-0.2, -0.15) is 0 Å². The Morgan fingerprint density at radius 2 is 2.00 bits per heavy atom. The summed E-state index contributed by atoms with van der Waals surface area (Å²) >= 11 is 0. The number of allylic oxidation sites excluding steroid dienone is 1. The molecule has 0 amide bonds. The first-order valence-electron chi connectivity index (χ1n) is 2.80. The van der Waals surface area contributed by atoms with Gasteiger partial charge in [0.2, 0.25) is 0 Å². The van der Waals surface area contributed by atoms with E-state index in [1.165, 1.54) is 0 Å². The summed E-state index contributed by atoms with van der Waals surface area (Å²) in [4.78, 5) is 0. The second kappa shape index (κ2) is 2.25. The van der Waals surface area contributed by atoms with Gasteiger partial charge in [-0.3, -0.25) is 0 Å². The van der Waals surface area contributed by atoms with Crippen LogP contribution >= 0.6 is 17.0 Å². The fourth-order valence-corrected chi connectivity index (χ4v) is 1.14. The lowest BCUT2D eigenvalue weighted by atomic mass is 10.2. The molecule has 0 aromatic rings. The quantitative estimate of drug-likeness (QED) is 0.621. The van der Waals surface area contributed by atoms with Crippen molar-refractivity contribution in [1.29, 1.82) is 0 Å². The van der Waals surface area contributed by atoms with E-state index in [2.05, 4.69) is 0 Å². The predicted molar refractivity (Wildman–Crippen MR) is 43.2 cm³/mol. The van der Waals surface area contributed by atoms with Crippen molar-refractivity contribution in [1.82, 2.24) is 0 Å². The van der Waals surface area contributed by atoms with E-state index in [-0.39, 0.29) is 22.7 Å². The van der Waals surface area contributed by atoms with E-state index in [1.807, 2.05) is 0 Å². The number of hydrogen-bond acceptors (Lipinski definition) is 2. The highest BCUT2D eigenvalue weighted by Gasteiger charge is 2.26. The molecule has 3 heteroatoms. The summed E-state index contributed by atoms with van der Waals surface area (Å²) in [5.41, 5.74) is 1.42. The van der Waals surface area contributed by atoms with Crippen LogP contribution in [0.4, 0.5) is 0 Å². The van der Waals surface area contributed by atoms with Crippen molar-refractivity contribution < 1.29 is 10.2 Å². The van der Waals surface area contributed by atoms with Gasteiger partial charge in [0, 0.05) is 5.57 Å². The van der Waals surface area contributed by atoms with Crippen molar-refractivity contribution >= 4 is 17.0 Å². The minimum absolute atomic E-state index is 0. The van der Waals surface area contributed by atoms with Crippen molar-refractivity contribution in [2.75, 3.05) is 0 Å². The first-order valence-corrected chi connectivity index (χ1v) is 2.80. The average Bonchev–Trinajstić information content (AvgIpc) is 2.25. The van der Waals surface area contributed by atoms with Gasteiger partial charge in [0.25, 0.3) is 0 Å². The Bertz CT molecular complexity index is 250. The lowest BCUT2D eigenvalue weighted by molar-refractivity contribution is 0.258. The molecule has 0 aromatic heterocycles. The summed E-state index contributed by atoms with van der Waals surface area (Å²) < 4.78 is 0. The molecule has 0 aromatic carbocycles. The van der Waals surface area contributed by atoms with Crippen LogP contribution in [0.1, 0.15) is 0 Å². The van der Waals surface area contributed by atoms with E-state index >= 15 is 0 Å². The number of aliphatic hydroxyl groups is 2. The Hall–Kier alpha value is -0.540. The highest BCUT2D eigenvalue weighted by molar-refractivity contribution is 8.93. The van der Waals surface area contributed by atoms with E-state index in [4.69, 9.17) is 10.2 Å². The fourth-order valence-electron chi connectivity index (χ4n) is 1.14. The van der Waals surface area contributed by atoms with Crippen molar-refractivity contribution in [3.63, 3.8) is 0 Å². The molecule has 10 heavy (non-hydrogen) atoms. The maximum Gasteiger partial charge on any atom is 0.122 e. The zero-order valence-corrected chi connectivity index (χ0v) is 6.83. The zero-order valence-electron chi connectivity index (χ0n) is 5.11. The Kier molecular flexibility index (Phi) is 1.70. The molecule has 2 bridgehead atoms. The highest BCUT2D eigenvalue weighted by Crippen LogP contribution is 2.32. The van der Waals surface area contributed by atoms with Crippen LogP contribution in [0.15, 0.2) is 35.1 Å². The van der Waals surface area contributed by atoms with Crippen LogP contribution < -0.4 is 0 Å². The molecule has 2 aliphatic carbocycles. The van der Waals surface area contributed by atoms with E-state index in [9.17, 15) is 0 Å². The average molecular weight is 203 g/mol. The van der Waals surface area contributed by atoms with Crippen LogP contribution in [0.3, 0.4) is 0 Å². The third-order valence-electron chi connectivity index (χ3n) is 1.66. The molecule has 0 heterocycles. The molecule has 1 atom stereocenters. The summed E-state index contributed by atoms with van der Waals surface area (Å²) in [6, 6.07) is 0. The summed E-state index contributed by atoms with van der Waals surface area (Å²) in [5.74, 6) is 0.208. The molecule has 0 fully saturated rings. The Labute approximate surface area is 68.9 Å². The molecule has 0 saturated heterocycles. The van der Waals surface area contributed by atoms with E-state index in [0.717, 1.165) is 5.57 Å². The summed E-state index contributed by atoms with van der Waals surface area (Å²) in [6.45, 7) is 0. The third kappa shape index (κ3) is 0.744. The highest BCUT2D eigenvalue weighted by atomic mass is 79.9. The standard InChI is InChI=1S/C7H6O2.BrH/c8-6-3-4-1-2-5(6)7(4)9;/h1-3,7-9H;1H. The second-order valence-corrected chi connectivity index (χ2v) is 2.22. The first kappa shape index (κ1) is 7.57. The molecule has 0 spiro atoms. The normalized spacial score (nSPS) is 26.9. The van der Waals surface area contributed by atoms with Gasteiger partial charge in [-0.15, -0.1) is 17.0 Å². The van der Waals surface area contributed by atoms with Gasteiger partial charge < -0.3 is 10.2 Å². The second-order valence-electron chi connectivity index (χ2n) is 2.22. The monoisotopic (exact) mass is 202 g/mol. The molecule has 2 nitrogen and oxygen atoms in total.